The van der Waals surface area contributed by atoms with E-state index in [1.807, 2.05) is 30.3 Å². The van der Waals surface area contributed by atoms with Crippen LogP contribution < -0.4 is 10.5 Å². The van der Waals surface area contributed by atoms with Crippen molar-refractivity contribution in [3.05, 3.63) is 66.1 Å². The number of pyridine rings is 1. The van der Waals surface area contributed by atoms with Gasteiger partial charge in [0.15, 0.2) is 0 Å². The second-order valence-corrected chi connectivity index (χ2v) is 4.47. The van der Waals surface area contributed by atoms with Crippen LogP contribution in [0.1, 0.15) is 5.56 Å². The lowest BCUT2D eigenvalue weighted by atomic mass is 10.2. The number of anilines is 1. The summed E-state index contributed by atoms with van der Waals surface area (Å²) >= 11 is 0. The van der Waals surface area contributed by atoms with Gasteiger partial charge in [-0.05, 0) is 24.3 Å². The Kier molecular flexibility index (Phi) is 3.21. The second kappa shape index (κ2) is 5.17. The molecule has 0 unspecified atom stereocenters. The van der Waals surface area contributed by atoms with Crippen LogP contribution in [0.5, 0.6) is 5.75 Å². The Morgan fingerprint density at radius 2 is 1.95 bits per heavy atom. The van der Waals surface area contributed by atoms with Crippen LogP contribution in [-0.2, 0) is 6.61 Å². The predicted octanol–water partition coefficient (Wildman–Crippen LogP) is 3.54. The molecule has 0 spiro atoms. The lowest BCUT2D eigenvalue weighted by Crippen LogP contribution is -2.00. The first kappa shape index (κ1) is 12.4. The van der Waals surface area contributed by atoms with Crippen LogP contribution >= 0.6 is 0 Å². The molecule has 0 fully saturated rings. The van der Waals surface area contributed by atoms with Gasteiger partial charge in [0.1, 0.15) is 23.7 Å². The SMILES string of the molecule is Nc1ccc(COc2cccc3cccnc23)c(F)c1. The van der Waals surface area contributed by atoms with Crippen molar-refractivity contribution in [2.24, 2.45) is 0 Å². The van der Waals surface area contributed by atoms with E-state index < -0.39 is 0 Å². The molecule has 3 rings (SSSR count). The Hall–Kier alpha value is -2.62. The minimum Gasteiger partial charge on any atom is -0.487 e. The van der Waals surface area contributed by atoms with Crippen LogP contribution in [0.3, 0.4) is 0 Å². The number of para-hydroxylation sites is 1. The number of hydrogen-bond acceptors (Lipinski definition) is 3. The Morgan fingerprint density at radius 3 is 2.80 bits per heavy atom. The average Bonchev–Trinajstić information content (AvgIpc) is 2.46. The first-order valence-corrected chi connectivity index (χ1v) is 6.24. The summed E-state index contributed by atoms with van der Waals surface area (Å²) in [6.45, 7) is 0.141. The summed E-state index contributed by atoms with van der Waals surface area (Å²) < 4.78 is 19.4. The molecule has 0 atom stereocenters. The van der Waals surface area contributed by atoms with Gasteiger partial charge < -0.3 is 10.5 Å². The topological polar surface area (TPSA) is 48.1 Å². The molecule has 2 N–H and O–H groups in total. The highest BCUT2D eigenvalue weighted by atomic mass is 19.1. The maximum atomic E-state index is 13.7. The van der Waals surface area contributed by atoms with Crippen LogP contribution in [0, 0.1) is 5.82 Å². The summed E-state index contributed by atoms with van der Waals surface area (Å²) in [6.07, 6.45) is 1.71. The fourth-order valence-corrected chi connectivity index (χ4v) is 2.03. The summed E-state index contributed by atoms with van der Waals surface area (Å²) in [5.74, 6) is 0.275. The van der Waals surface area contributed by atoms with Crippen LogP contribution in [0.2, 0.25) is 0 Å². The van der Waals surface area contributed by atoms with Crippen LogP contribution in [-0.4, -0.2) is 4.98 Å². The molecule has 0 radical (unpaired) electrons. The number of benzene rings is 2. The van der Waals surface area contributed by atoms with E-state index in [0.717, 1.165) is 10.9 Å². The minimum absolute atomic E-state index is 0.141. The van der Waals surface area contributed by atoms with Gasteiger partial charge in [0.25, 0.3) is 0 Å². The van der Waals surface area contributed by atoms with Gasteiger partial charge in [0.2, 0.25) is 0 Å². The zero-order valence-electron chi connectivity index (χ0n) is 10.7. The lowest BCUT2D eigenvalue weighted by molar-refractivity contribution is 0.303. The number of fused-ring (bicyclic) bond motifs is 1. The molecule has 2 aromatic carbocycles. The van der Waals surface area contributed by atoms with Crippen LogP contribution in [0.15, 0.2) is 54.7 Å². The van der Waals surface area contributed by atoms with E-state index in [1.165, 1.54) is 6.07 Å². The Morgan fingerprint density at radius 1 is 1.10 bits per heavy atom. The number of nitrogen functional groups attached to an aromatic ring is 1. The first-order valence-electron chi connectivity index (χ1n) is 6.24. The first-order chi connectivity index (χ1) is 9.74. The smallest absolute Gasteiger partial charge is 0.146 e. The largest absolute Gasteiger partial charge is 0.487 e. The number of aromatic nitrogens is 1. The Bertz CT molecular complexity index is 753. The van der Waals surface area contributed by atoms with Crippen molar-refractivity contribution in [2.45, 2.75) is 6.61 Å². The average molecular weight is 268 g/mol. The molecule has 0 saturated carbocycles. The van der Waals surface area contributed by atoms with Crippen LogP contribution in [0.4, 0.5) is 10.1 Å². The molecule has 100 valence electrons. The van der Waals surface area contributed by atoms with Gasteiger partial charge >= 0.3 is 0 Å². The van der Waals surface area contributed by atoms with Crippen molar-refractivity contribution >= 4 is 16.6 Å². The second-order valence-electron chi connectivity index (χ2n) is 4.47. The number of rotatable bonds is 3. The fourth-order valence-electron chi connectivity index (χ4n) is 2.03. The quantitative estimate of drug-likeness (QED) is 0.739. The molecule has 0 aliphatic rings. The van der Waals surface area contributed by atoms with E-state index in [9.17, 15) is 4.39 Å². The molecule has 20 heavy (non-hydrogen) atoms. The van der Waals surface area contributed by atoms with E-state index in [0.29, 0.717) is 17.0 Å². The number of nitrogens with zero attached hydrogens (tertiary/aromatic N) is 1. The van der Waals surface area contributed by atoms with E-state index in [-0.39, 0.29) is 12.4 Å². The minimum atomic E-state index is -0.363. The molecular weight excluding hydrogens is 255 g/mol. The van der Waals surface area contributed by atoms with Crippen molar-refractivity contribution in [3.63, 3.8) is 0 Å². The van der Waals surface area contributed by atoms with Crippen LogP contribution in [0.25, 0.3) is 10.9 Å². The fraction of sp³-hybridized carbons (Fsp3) is 0.0625. The lowest BCUT2D eigenvalue weighted by Gasteiger charge is -2.09. The predicted molar refractivity (Wildman–Crippen MR) is 76.9 cm³/mol. The van der Waals surface area contributed by atoms with Gasteiger partial charge in [0, 0.05) is 22.8 Å². The molecule has 4 heteroatoms. The van der Waals surface area contributed by atoms with Crippen molar-refractivity contribution < 1.29 is 9.13 Å². The normalized spacial score (nSPS) is 10.7. The molecule has 1 aromatic heterocycles. The maximum Gasteiger partial charge on any atom is 0.146 e. The highest BCUT2D eigenvalue weighted by Crippen LogP contribution is 2.24. The molecule has 3 aromatic rings. The highest BCUT2D eigenvalue weighted by Gasteiger charge is 2.06. The Balaban J connectivity index is 1.87. The number of halogens is 1. The summed E-state index contributed by atoms with van der Waals surface area (Å²) in [6, 6.07) is 14.1. The molecule has 0 amide bonds. The van der Waals surface area contributed by atoms with Crippen molar-refractivity contribution in [2.75, 3.05) is 5.73 Å². The molecule has 3 nitrogen and oxygen atoms in total. The van der Waals surface area contributed by atoms with Gasteiger partial charge in [-0.15, -0.1) is 0 Å². The van der Waals surface area contributed by atoms with Crippen molar-refractivity contribution in [1.82, 2.24) is 4.98 Å². The maximum absolute atomic E-state index is 13.7. The van der Waals surface area contributed by atoms with E-state index in [2.05, 4.69) is 4.98 Å². The van der Waals surface area contributed by atoms with Gasteiger partial charge in [-0.1, -0.05) is 24.3 Å². The van der Waals surface area contributed by atoms with Crippen molar-refractivity contribution in [1.29, 1.82) is 0 Å². The molecular formula is C16H13FN2O. The van der Waals surface area contributed by atoms with Gasteiger partial charge in [-0.25, -0.2) is 4.39 Å². The van der Waals surface area contributed by atoms with Gasteiger partial charge in [-0.3, -0.25) is 4.98 Å². The molecule has 0 saturated heterocycles. The summed E-state index contributed by atoms with van der Waals surface area (Å²) in [7, 11) is 0. The van der Waals surface area contributed by atoms with E-state index >= 15 is 0 Å². The van der Waals surface area contributed by atoms with E-state index in [1.54, 1.807) is 18.3 Å². The highest BCUT2D eigenvalue weighted by molar-refractivity contribution is 5.84. The summed E-state index contributed by atoms with van der Waals surface area (Å²) in [5.41, 5.74) is 7.15. The summed E-state index contributed by atoms with van der Waals surface area (Å²) in [5, 5.41) is 0.989. The standard InChI is InChI=1S/C16H13FN2O/c17-14-9-13(18)7-6-12(14)10-20-15-5-1-3-11-4-2-8-19-16(11)15/h1-9H,10,18H2. The third kappa shape index (κ3) is 2.40. The monoisotopic (exact) mass is 268 g/mol. The Labute approximate surface area is 115 Å². The van der Waals surface area contributed by atoms with Gasteiger partial charge in [-0.2, -0.15) is 0 Å². The summed E-state index contributed by atoms with van der Waals surface area (Å²) in [4.78, 5) is 4.29. The number of ether oxygens (including phenoxy) is 1. The van der Waals surface area contributed by atoms with Crippen molar-refractivity contribution in [3.8, 4) is 5.75 Å². The molecule has 0 aliphatic carbocycles. The number of nitrogens with two attached hydrogens (primary N) is 1. The molecule has 0 aliphatic heterocycles. The number of hydrogen-bond donors (Lipinski definition) is 1. The zero-order chi connectivity index (χ0) is 13.9. The van der Waals surface area contributed by atoms with Gasteiger partial charge in [0.05, 0.1) is 0 Å². The third-order valence-electron chi connectivity index (χ3n) is 3.06. The molecule has 1 heterocycles. The zero-order valence-corrected chi connectivity index (χ0v) is 10.7. The molecule has 0 bridgehead atoms. The van der Waals surface area contributed by atoms with E-state index in [4.69, 9.17) is 10.5 Å². The third-order valence-corrected chi connectivity index (χ3v) is 3.06.